The standard InChI is InChI=1S/C18H25N3/c1-2-21(17-9-7-16(19)8-10-17)13-15-12-20-11-14-5-3-4-6-18(14)15/h3-6,11-12,16-17H,2,7-10,13,19H2,1H3. The van der Waals surface area contributed by atoms with E-state index in [9.17, 15) is 0 Å². The predicted molar refractivity (Wildman–Crippen MR) is 88.1 cm³/mol. The summed E-state index contributed by atoms with van der Waals surface area (Å²) >= 11 is 0. The third-order valence-electron chi connectivity index (χ3n) is 4.79. The van der Waals surface area contributed by atoms with E-state index in [4.69, 9.17) is 5.73 Å². The SMILES string of the molecule is CCN(Cc1cncc2ccccc12)C1CCC(N)CC1. The Morgan fingerprint density at radius 1 is 1.14 bits per heavy atom. The van der Waals surface area contributed by atoms with E-state index in [-0.39, 0.29) is 0 Å². The number of hydrogen-bond donors (Lipinski definition) is 1. The number of nitrogens with zero attached hydrogens (tertiary/aromatic N) is 2. The van der Waals surface area contributed by atoms with Crippen molar-refractivity contribution in [2.45, 2.75) is 51.2 Å². The van der Waals surface area contributed by atoms with Crippen molar-refractivity contribution in [2.75, 3.05) is 6.54 Å². The normalized spacial score (nSPS) is 22.8. The molecule has 0 saturated heterocycles. The van der Waals surface area contributed by atoms with Crippen molar-refractivity contribution in [3.05, 3.63) is 42.2 Å². The molecule has 0 unspecified atom stereocenters. The van der Waals surface area contributed by atoms with Crippen LogP contribution in [0.5, 0.6) is 0 Å². The summed E-state index contributed by atoms with van der Waals surface area (Å²) < 4.78 is 0. The Morgan fingerprint density at radius 2 is 1.90 bits per heavy atom. The van der Waals surface area contributed by atoms with Gasteiger partial charge in [-0.3, -0.25) is 9.88 Å². The maximum atomic E-state index is 6.04. The van der Waals surface area contributed by atoms with Crippen LogP contribution >= 0.6 is 0 Å². The number of benzene rings is 1. The number of aromatic nitrogens is 1. The lowest BCUT2D eigenvalue weighted by Gasteiger charge is -2.35. The van der Waals surface area contributed by atoms with Crippen LogP contribution in [0.2, 0.25) is 0 Å². The van der Waals surface area contributed by atoms with Gasteiger partial charge < -0.3 is 5.73 Å². The summed E-state index contributed by atoms with van der Waals surface area (Å²) in [5.74, 6) is 0. The van der Waals surface area contributed by atoms with Gasteiger partial charge in [-0.05, 0) is 43.2 Å². The number of hydrogen-bond acceptors (Lipinski definition) is 3. The Morgan fingerprint density at radius 3 is 2.67 bits per heavy atom. The minimum absolute atomic E-state index is 0.416. The minimum Gasteiger partial charge on any atom is -0.328 e. The molecule has 21 heavy (non-hydrogen) atoms. The quantitative estimate of drug-likeness (QED) is 0.936. The van der Waals surface area contributed by atoms with E-state index in [1.807, 2.05) is 12.4 Å². The zero-order valence-electron chi connectivity index (χ0n) is 12.8. The van der Waals surface area contributed by atoms with E-state index < -0.39 is 0 Å². The highest BCUT2D eigenvalue weighted by molar-refractivity contribution is 5.84. The highest BCUT2D eigenvalue weighted by Crippen LogP contribution is 2.25. The molecule has 3 heteroatoms. The zero-order valence-corrected chi connectivity index (χ0v) is 12.8. The van der Waals surface area contributed by atoms with E-state index in [2.05, 4.69) is 41.1 Å². The smallest absolute Gasteiger partial charge is 0.0346 e. The Bertz CT molecular complexity index is 583. The van der Waals surface area contributed by atoms with Crippen LogP contribution in [0, 0.1) is 0 Å². The molecule has 0 spiro atoms. The lowest BCUT2D eigenvalue weighted by molar-refractivity contribution is 0.150. The van der Waals surface area contributed by atoms with Crippen molar-refractivity contribution in [3.63, 3.8) is 0 Å². The van der Waals surface area contributed by atoms with Gasteiger partial charge in [-0.25, -0.2) is 0 Å². The van der Waals surface area contributed by atoms with Crippen LogP contribution in [0.25, 0.3) is 10.8 Å². The van der Waals surface area contributed by atoms with E-state index in [1.165, 1.54) is 29.2 Å². The van der Waals surface area contributed by atoms with Crippen LogP contribution in [0.4, 0.5) is 0 Å². The van der Waals surface area contributed by atoms with Gasteiger partial charge in [0.25, 0.3) is 0 Å². The fourth-order valence-corrected chi connectivity index (χ4v) is 3.49. The van der Waals surface area contributed by atoms with Crippen LogP contribution in [-0.2, 0) is 6.54 Å². The molecule has 3 rings (SSSR count). The third kappa shape index (κ3) is 3.25. The van der Waals surface area contributed by atoms with Crippen molar-refractivity contribution in [2.24, 2.45) is 5.73 Å². The molecule has 1 heterocycles. The molecule has 1 aliphatic carbocycles. The van der Waals surface area contributed by atoms with Gasteiger partial charge in [0.05, 0.1) is 0 Å². The molecule has 2 aromatic rings. The lowest BCUT2D eigenvalue weighted by atomic mass is 9.90. The highest BCUT2D eigenvalue weighted by atomic mass is 15.1. The second-order valence-corrected chi connectivity index (χ2v) is 6.15. The molecule has 1 saturated carbocycles. The van der Waals surface area contributed by atoms with Gasteiger partial charge in [0, 0.05) is 36.4 Å². The number of nitrogens with two attached hydrogens (primary N) is 1. The molecule has 1 aromatic heterocycles. The number of fused-ring (bicyclic) bond motifs is 1. The van der Waals surface area contributed by atoms with Crippen molar-refractivity contribution in [1.29, 1.82) is 0 Å². The van der Waals surface area contributed by atoms with Crippen molar-refractivity contribution >= 4 is 10.8 Å². The Labute approximate surface area is 127 Å². The summed E-state index contributed by atoms with van der Waals surface area (Å²) in [4.78, 5) is 7.00. The fraction of sp³-hybridized carbons (Fsp3) is 0.500. The monoisotopic (exact) mass is 283 g/mol. The Balaban J connectivity index is 1.79. The first-order chi connectivity index (χ1) is 10.3. The zero-order chi connectivity index (χ0) is 14.7. The van der Waals surface area contributed by atoms with Gasteiger partial charge in [0.15, 0.2) is 0 Å². The molecule has 0 aliphatic heterocycles. The second kappa shape index (κ2) is 6.54. The van der Waals surface area contributed by atoms with Crippen molar-refractivity contribution in [1.82, 2.24) is 9.88 Å². The maximum Gasteiger partial charge on any atom is 0.0346 e. The molecule has 112 valence electrons. The van der Waals surface area contributed by atoms with Crippen molar-refractivity contribution in [3.8, 4) is 0 Å². The second-order valence-electron chi connectivity index (χ2n) is 6.15. The molecule has 0 bridgehead atoms. The summed E-state index contributed by atoms with van der Waals surface area (Å²) in [5.41, 5.74) is 7.37. The van der Waals surface area contributed by atoms with Crippen LogP contribution in [0.1, 0.15) is 38.2 Å². The summed E-state index contributed by atoms with van der Waals surface area (Å²) in [6.07, 6.45) is 8.76. The molecular formula is C18H25N3. The first kappa shape index (κ1) is 14.5. The van der Waals surface area contributed by atoms with Gasteiger partial charge >= 0.3 is 0 Å². The predicted octanol–water partition coefficient (Wildman–Crippen LogP) is 3.33. The average molecular weight is 283 g/mol. The molecular weight excluding hydrogens is 258 g/mol. The first-order valence-corrected chi connectivity index (χ1v) is 8.09. The van der Waals surface area contributed by atoms with Gasteiger partial charge in [0.1, 0.15) is 0 Å². The number of pyridine rings is 1. The van der Waals surface area contributed by atoms with Gasteiger partial charge in [-0.1, -0.05) is 31.2 Å². The molecule has 1 aromatic carbocycles. The van der Waals surface area contributed by atoms with Crippen LogP contribution in [-0.4, -0.2) is 28.5 Å². The van der Waals surface area contributed by atoms with Gasteiger partial charge in [-0.15, -0.1) is 0 Å². The summed E-state index contributed by atoms with van der Waals surface area (Å²) in [7, 11) is 0. The van der Waals surface area contributed by atoms with Crippen LogP contribution in [0.3, 0.4) is 0 Å². The first-order valence-electron chi connectivity index (χ1n) is 8.09. The van der Waals surface area contributed by atoms with Gasteiger partial charge in [0.2, 0.25) is 0 Å². The molecule has 0 radical (unpaired) electrons. The Hall–Kier alpha value is -1.45. The Kier molecular flexibility index (Phi) is 4.51. The summed E-state index contributed by atoms with van der Waals surface area (Å²) in [6.45, 7) is 4.33. The van der Waals surface area contributed by atoms with E-state index in [0.717, 1.165) is 25.9 Å². The van der Waals surface area contributed by atoms with Gasteiger partial charge in [-0.2, -0.15) is 0 Å². The molecule has 3 nitrogen and oxygen atoms in total. The molecule has 0 amide bonds. The number of rotatable bonds is 4. The lowest BCUT2D eigenvalue weighted by Crippen LogP contribution is -2.40. The third-order valence-corrected chi connectivity index (χ3v) is 4.79. The summed E-state index contributed by atoms with van der Waals surface area (Å²) in [6, 6.07) is 9.63. The van der Waals surface area contributed by atoms with E-state index >= 15 is 0 Å². The maximum absolute atomic E-state index is 6.04. The van der Waals surface area contributed by atoms with Crippen LogP contribution < -0.4 is 5.73 Å². The minimum atomic E-state index is 0.416. The average Bonchev–Trinajstić information content (AvgIpc) is 2.54. The molecule has 1 aliphatic rings. The van der Waals surface area contributed by atoms with Crippen molar-refractivity contribution < 1.29 is 0 Å². The molecule has 0 atom stereocenters. The fourth-order valence-electron chi connectivity index (χ4n) is 3.49. The summed E-state index contributed by atoms with van der Waals surface area (Å²) in [5, 5.41) is 2.56. The molecule has 2 N–H and O–H groups in total. The van der Waals surface area contributed by atoms with E-state index in [1.54, 1.807) is 0 Å². The van der Waals surface area contributed by atoms with E-state index in [0.29, 0.717) is 12.1 Å². The largest absolute Gasteiger partial charge is 0.328 e. The topological polar surface area (TPSA) is 42.2 Å². The van der Waals surface area contributed by atoms with Crippen LogP contribution in [0.15, 0.2) is 36.7 Å². The highest BCUT2D eigenvalue weighted by Gasteiger charge is 2.23. The molecule has 1 fully saturated rings.